The van der Waals surface area contributed by atoms with Crippen LogP contribution < -0.4 is 10.3 Å². The Balaban J connectivity index is 1.56. The summed E-state index contributed by atoms with van der Waals surface area (Å²) >= 11 is 0. The number of nitrogens with zero attached hydrogens (tertiary/aromatic N) is 5. The highest BCUT2D eigenvalue weighted by Crippen LogP contribution is 2.24. The van der Waals surface area contributed by atoms with Gasteiger partial charge in [-0.05, 0) is 12.1 Å². The molecule has 1 amide bonds. The Morgan fingerprint density at radius 1 is 1.26 bits per heavy atom. The smallest absolute Gasteiger partial charge is 0.274 e. The summed E-state index contributed by atoms with van der Waals surface area (Å²) in [6.45, 7) is 0.955. The molecule has 3 aromatic heterocycles. The van der Waals surface area contributed by atoms with Gasteiger partial charge >= 0.3 is 0 Å². The van der Waals surface area contributed by atoms with Crippen molar-refractivity contribution in [3.05, 3.63) is 57.9 Å². The molecule has 0 bridgehead atoms. The number of imidazole rings is 1. The number of aromatic amines is 1. The topological polar surface area (TPSA) is 106 Å². The molecule has 3 aromatic rings. The lowest BCUT2D eigenvalue weighted by molar-refractivity contribution is 0.0723. The molecule has 1 N–H and O–H groups in total. The number of ether oxygens (including phenoxy) is 1. The number of hydrogen-bond donors (Lipinski definition) is 1. The van der Waals surface area contributed by atoms with Crippen molar-refractivity contribution >= 4 is 5.91 Å². The summed E-state index contributed by atoms with van der Waals surface area (Å²) in [5, 5.41) is 4.04. The van der Waals surface area contributed by atoms with E-state index >= 15 is 0 Å². The van der Waals surface area contributed by atoms with E-state index in [1.807, 2.05) is 6.07 Å². The van der Waals surface area contributed by atoms with Gasteiger partial charge in [0.2, 0.25) is 5.88 Å². The normalized spacial score (nSPS) is 13.3. The predicted octanol–water partition coefficient (Wildman–Crippen LogP) is 0.772. The van der Waals surface area contributed by atoms with Crippen LogP contribution in [-0.4, -0.2) is 49.2 Å². The zero-order valence-electron chi connectivity index (χ0n) is 15.0. The molecule has 27 heavy (non-hydrogen) atoms. The molecular weight excluding hydrogens is 348 g/mol. The first kappa shape index (κ1) is 17.0. The van der Waals surface area contributed by atoms with Crippen LogP contribution in [0.15, 0.2) is 35.3 Å². The molecule has 9 nitrogen and oxygen atoms in total. The molecule has 0 fully saturated rings. The van der Waals surface area contributed by atoms with Crippen LogP contribution in [0.5, 0.6) is 5.88 Å². The number of H-pyrrole nitrogens is 1. The quantitative estimate of drug-likeness (QED) is 0.734. The minimum absolute atomic E-state index is 0.210. The van der Waals surface area contributed by atoms with Crippen LogP contribution in [0.2, 0.25) is 0 Å². The maximum absolute atomic E-state index is 12.7. The van der Waals surface area contributed by atoms with Crippen LogP contribution in [0.3, 0.4) is 0 Å². The summed E-state index contributed by atoms with van der Waals surface area (Å²) in [6.07, 6.45) is 2.34. The summed E-state index contributed by atoms with van der Waals surface area (Å²) in [5.41, 5.74) is 2.68. The van der Waals surface area contributed by atoms with E-state index in [9.17, 15) is 9.59 Å². The first-order chi connectivity index (χ1) is 13.0. The summed E-state index contributed by atoms with van der Waals surface area (Å²) in [4.78, 5) is 38.0. The molecule has 0 spiro atoms. The number of rotatable bonds is 3. The highest BCUT2D eigenvalue weighted by molar-refractivity contribution is 5.92. The fourth-order valence-corrected chi connectivity index (χ4v) is 3.02. The van der Waals surface area contributed by atoms with Gasteiger partial charge < -0.3 is 14.6 Å². The fourth-order valence-electron chi connectivity index (χ4n) is 3.02. The van der Waals surface area contributed by atoms with E-state index in [0.29, 0.717) is 31.2 Å². The number of methoxy groups -OCH3 is 1. The SMILES string of the molecule is COc1ccc(-c2nc3c([nH]2)CN(C(=O)c2ccc(=O)n(C)n2)CC3)cn1. The van der Waals surface area contributed by atoms with Gasteiger partial charge in [0.15, 0.2) is 0 Å². The molecule has 0 saturated heterocycles. The van der Waals surface area contributed by atoms with Gasteiger partial charge in [-0.15, -0.1) is 0 Å². The monoisotopic (exact) mass is 366 g/mol. The average Bonchev–Trinajstić information content (AvgIpc) is 3.13. The maximum atomic E-state index is 12.7. The predicted molar refractivity (Wildman–Crippen MR) is 96.3 cm³/mol. The third-order valence-corrected chi connectivity index (χ3v) is 4.52. The first-order valence-electron chi connectivity index (χ1n) is 8.47. The van der Waals surface area contributed by atoms with Gasteiger partial charge in [-0.3, -0.25) is 9.59 Å². The number of nitrogens with one attached hydrogen (secondary N) is 1. The summed E-state index contributed by atoms with van der Waals surface area (Å²) in [7, 11) is 3.09. The number of hydrogen-bond acceptors (Lipinski definition) is 6. The van der Waals surface area contributed by atoms with Gasteiger partial charge in [-0.1, -0.05) is 0 Å². The second kappa shape index (κ2) is 6.67. The zero-order valence-corrected chi connectivity index (χ0v) is 15.0. The van der Waals surface area contributed by atoms with E-state index in [1.54, 1.807) is 24.3 Å². The van der Waals surface area contributed by atoms with Crippen LogP contribution in [0.25, 0.3) is 11.4 Å². The van der Waals surface area contributed by atoms with Crippen molar-refractivity contribution in [3.8, 4) is 17.3 Å². The van der Waals surface area contributed by atoms with Crippen LogP contribution in [0.1, 0.15) is 21.9 Å². The Hall–Kier alpha value is -3.49. The number of aryl methyl sites for hydroxylation is 1. The van der Waals surface area contributed by atoms with E-state index < -0.39 is 0 Å². The first-order valence-corrected chi connectivity index (χ1v) is 8.47. The van der Waals surface area contributed by atoms with Crippen molar-refractivity contribution in [1.29, 1.82) is 0 Å². The molecule has 0 atom stereocenters. The van der Waals surface area contributed by atoms with E-state index in [-0.39, 0.29) is 17.2 Å². The van der Waals surface area contributed by atoms with Crippen molar-refractivity contribution in [2.45, 2.75) is 13.0 Å². The molecule has 1 aliphatic rings. The van der Waals surface area contributed by atoms with Crippen molar-refractivity contribution in [3.63, 3.8) is 0 Å². The lowest BCUT2D eigenvalue weighted by Gasteiger charge is -2.25. The number of amides is 1. The summed E-state index contributed by atoms with van der Waals surface area (Å²) in [6, 6.07) is 6.47. The molecule has 0 unspecified atom stereocenters. The zero-order chi connectivity index (χ0) is 19.0. The van der Waals surface area contributed by atoms with Crippen LogP contribution in [0.4, 0.5) is 0 Å². The molecule has 0 aliphatic carbocycles. The van der Waals surface area contributed by atoms with Gasteiger partial charge in [0, 0.05) is 43.9 Å². The molecular formula is C18H18N6O3. The van der Waals surface area contributed by atoms with Gasteiger partial charge in [-0.2, -0.15) is 5.10 Å². The molecule has 9 heteroatoms. The van der Waals surface area contributed by atoms with E-state index in [2.05, 4.69) is 20.1 Å². The largest absolute Gasteiger partial charge is 0.481 e. The fraction of sp³-hybridized carbons (Fsp3) is 0.278. The third kappa shape index (κ3) is 3.19. The number of fused-ring (bicyclic) bond motifs is 1. The van der Waals surface area contributed by atoms with Crippen molar-refractivity contribution in [1.82, 2.24) is 29.6 Å². The van der Waals surface area contributed by atoms with Crippen LogP contribution in [-0.2, 0) is 20.0 Å². The number of aromatic nitrogens is 5. The van der Waals surface area contributed by atoms with E-state index in [4.69, 9.17) is 4.74 Å². The molecule has 0 radical (unpaired) electrons. The second-order valence-electron chi connectivity index (χ2n) is 6.26. The van der Waals surface area contributed by atoms with Gasteiger partial charge in [0.05, 0.1) is 25.0 Å². The minimum atomic E-state index is -0.251. The van der Waals surface area contributed by atoms with Crippen molar-refractivity contribution < 1.29 is 9.53 Å². The molecule has 0 aromatic carbocycles. The summed E-state index contributed by atoms with van der Waals surface area (Å²) in [5.74, 6) is 1.04. The van der Waals surface area contributed by atoms with Crippen molar-refractivity contribution in [2.24, 2.45) is 7.05 Å². The van der Waals surface area contributed by atoms with Gasteiger partial charge in [0.1, 0.15) is 11.5 Å². The molecule has 4 rings (SSSR count). The second-order valence-corrected chi connectivity index (χ2v) is 6.26. The molecule has 0 saturated carbocycles. The highest BCUT2D eigenvalue weighted by Gasteiger charge is 2.26. The number of carbonyl (C=O) groups is 1. The molecule has 1 aliphatic heterocycles. The Morgan fingerprint density at radius 2 is 2.11 bits per heavy atom. The third-order valence-electron chi connectivity index (χ3n) is 4.52. The van der Waals surface area contributed by atoms with Gasteiger partial charge in [0.25, 0.3) is 11.5 Å². The number of carbonyl (C=O) groups excluding carboxylic acids is 1. The van der Waals surface area contributed by atoms with Crippen molar-refractivity contribution in [2.75, 3.05) is 13.7 Å². The van der Waals surface area contributed by atoms with Crippen LogP contribution >= 0.6 is 0 Å². The Bertz CT molecular complexity index is 1050. The lowest BCUT2D eigenvalue weighted by Crippen LogP contribution is -2.37. The van der Waals surface area contributed by atoms with Crippen LogP contribution in [0, 0.1) is 0 Å². The molecule has 4 heterocycles. The molecule has 138 valence electrons. The standard InChI is InChI=1S/C18H18N6O3/c1-23-16(25)6-4-13(22-23)18(26)24-8-7-12-14(10-24)21-17(20-12)11-3-5-15(27-2)19-9-11/h3-6,9H,7-8,10H2,1-2H3,(H,20,21). The van der Waals surface area contributed by atoms with Gasteiger partial charge in [-0.25, -0.2) is 14.6 Å². The van der Waals surface area contributed by atoms with E-state index in [0.717, 1.165) is 21.6 Å². The average molecular weight is 366 g/mol. The Kier molecular flexibility index (Phi) is 4.19. The Labute approximate surface area is 154 Å². The lowest BCUT2D eigenvalue weighted by atomic mass is 10.1. The number of pyridine rings is 1. The minimum Gasteiger partial charge on any atom is -0.481 e. The summed E-state index contributed by atoms with van der Waals surface area (Å²) < 4.78 is 6.23. The van der Waals surface area contributed by atoms with E-state index in [1.165, 1.54) is 19.2 Å². The Morgan fingerprint density at radius 3 is 2.81 bits per heavy atom. The maximum Gasteiger partial charge on any atom is 0.274 e. The highest BCUT2D eigenvalue weighted by atomic mass is 16.5.